The summed E-state index contributed by atoms with van der Waals surface area (Å²) in [7, 11) is -3.59. The van der Waals surface area contributed by atoms with Crippen LogP contribution < -0.4 is 0 Å². The molecule has 0 N–H and O–H groups in total. The molecule has 3 heterocycles. The van der Waals surface area contributed by atoms with Gasteiger partial charge in [0.05, 0.1) is 6.04 Å². The minimum absolute atomic E-state index is 0.0263. The van der Waals surface area contributed by atoms with Crippen LogP contribution in [-0.4, -0.2) is 37.5 Å². The van der Waals surface area contributed by atoms with Gasteiger partial charge in [-0.15, -0.1) is 0 Å². The van der Waals surface area contributed by atoms with E-state index in [0.29, 0.717) is 19.8 Å². The lowest BCUT2D eigenvalue weighted by atomic mass is 9.65. The molecule has 24 heavy (non-hydrogen) atoms. The fourth-order valence-corrected chi connectivity index (χ4v) is 5.62. The van der Waals surface area contributed by atoms with E-state index in [4.69, 9.17) is 4.74 Å². The molecule has 0 amide bonds. The van der Waals surface area contributed by atoms with Crippen LogP contribution in [0.5, 0.6) is 0 Å². The van der Waals surface area contributed by atoms with E-state index in [-0.39, 0.29) is 16.5 Å². The molecule has 1 aromatic carbocycles. The maximum Gasteiger partial charge on any atom is 0.261 e. The third-order valence-corrected chi connectivity index (χ3v) is 6.88. The molecule has 2 aromatic rings. The van der Waals surface area contributed by atoms with Crippen molar-refractivity contribution in [3.05, 3.63) is 60.3 Å². The first-order valence-corrected chi connectivity index (χ1v) is 9.63. The molecular formula is C18H20N2O3S. The van der Waals surface area contributed by atoms with Crippen molar-refractivity contribution < 1.29 is 13.2 Å². The van der Waals surface area contributed by atoms with Crippen molar-refractivity contribution >= 4 is 10.0 Å². The highest BCUT2D eigenvalue weighted by atomic mass is 32.2. The Kier molecular flexibility index (Phi) is 3.90. The Labute approximate surface area is 142 Å². The largest absolute Gasteiger partial charge is 0.381 e. The molecule has 0 bridgehead atoms. The molecule has 4 rings (SSSR count). The first kappa shape index (κ1) is 15.7. The monoisotopic (exact) mass is 344 g/mol. The Balaban J connectivity index is 1.74. The highest BCUT2D eigenvalue weighted by molar-refractivity contribution is 7.89. The quantitative estimate of drug-likeness (QED) is 0.859. The van der Waals surface area contributed by atoms with Crippen LogP contribution in [0.3, 0.4) is 0 Å². The number of sulfonamides is 1. The zero-order valence-corrected chi connectivity index (χ0v) is 14.2. The summed E-state index contributed by atoms with van der Waals surface area (Å²) in [6.45, 7) is 1.93. The Morgan fingerprint density at radius 1 is 1.04 bits per heavy atom. The number of nitrogens with zero attached hydrogens (tertiary/aromatic N) is 2. The minimum atomic E-state index is -3.59. The fourth-order valence-electron chi connectivity index (χ4n) is 3.89. The van der Waals surface area contributed by atoms with Gasteiger partial charge < -0.3 is 4.74 Å². The molecular weight excluding hydrogens is 324 g/mol. The van der Waals surface area contributed by atoms with Crippen molar-refractivity contribution in [2.75, 3.05) is 19.8 Å². The summed E-state index contributed by atoms with van der Waals surface area (Å²) in [5.41, 5.74) is 1.02. The highest BCUT2D eigenvalue weighted by Crippen LogP contribution is 2.56. The summed E-state index contributed by atoms with van der Waals surface area (Å²) in [4.78, 5) is 4.06. The van der Waals surface area contributed by atoms with E-state index in [1.165, 1.54) is 6.20 Å². The van der Waals surface area contributed by atoms with Crippen molar-refractivity contribution in [2.45, 2.75) is 23.9 Å². The van der Waals surface area contributed by atoms with Crippen LogP contribution in [0.1, 0.15) is 24.4 Å². The van der Waals surface area contributed by atoms with Gasteiger partial charge in [0.2, 0.25) is 0 Å². The van der Waals surface area contributed by atoms with E-state index >= 15 is 0 Å². The predicted octanol–water partition coefficient (Wildman–Crippen LogP) is 2.62. The van der Waals surface area contributed by atoms with Crippen LogP contribution in [-0.2, 0) is 14.8 Å². The molecule has 0 unspecified atom stereocenters. The van der Waals surface area contributed by atoms with Crippen LogP contribution >= 0.6 is 0 Å². The van der Waals surface area contributed by atoms with E-state index in [2.05, 4.69) is 4.98 Å². The summed E-state index contributed by atoms with van der Waals surface area (Å²) in [6.07, 6.45) is 3.30. The van der Waals surface area contributed by atoms with Crippen molar-refractivity contribution in [3.63, 3.8) is 0 Å². The zero-order valence-electron chi connectivity index (χ0n) is 13.3. The number of hydrogen-bond donors (Lipinski definition) is 0. The van der Waals surface area contributed by atoms with Gasteiger partial charge in [0.1, 0.15) is 0 Å². The number of hydrogen-bond acceptors (Lipinski definition) is 4. The van der Waals surface area contributed by atoms with Crippen molar-refractivity contribution in [2.24, 2.45) is 5.41 Å². The maximum absolute atomic E-state index is 13.1. The van der Waals surface area contributed by atoms with Crippen LogP contribution in [0.4, 0.5) is 0 Å². The van der Waals surface area contributed by atoms with Gasteiger partial charge in [-0.1, -0.05) is 36.4 Å². The molecule has 6 heteroatoms. The molecule has 0 saturated carbocycles. The van der Waals surface area contributed by atoms with E-state index in [9.17, 15) is 8.42 Å². The van der Waals surface area contributed by atoms with E-state index in [1.807, 2.05) is 30.3 Å². The Bertz CT molecular complexity index is 803. The molecule has 0 radical (unpaired) electrons. The maximum atomic E-state index is 13.1. The zero-order chi connectivity index (χ0) is 16.6. The first-order valence-electron chi connectivity index (χ1n) is 8.19. The van der Waals surface area contributed by atoms with Crippen molar-refractivity contribution in [1.29, 1.82) is 0 Å². The third-order valence-electron chi connectivity index (χ3n) is 5.15. The van der Waals surface area contributed by atoms with Gasteiger partial charge >= 0.3 is 0 Å². The van der Waals surface area contributed by atoms with Gasteiger partial charge in [0.15, 0.2) is 5.03 Å². The topological polar surface area (TPSA) is 59.5 Å². The smallest absolute Gasteiger partial charge is 0.261 e. The number of pyridine rings is 1. The number of benzene rings is 1. The lowest BCUT2D eigenvalue weighted by Gasteiger charge is -2.58. The van der Waals surface area contributed by atoms with Gasteiger partial charge in [-0.2, -0.15) is 4.31 Å². The van der Waals surface area contributed by atoms with Crippen LogP contribution in [0.25, 0.3) is 0 Å². The molecule has 2 aliphatic heterocycles. The fraction of sp³-hybridized carbons (Fsp3) is 0.389. The minimum Gasteiger partial charge on any atom is -0.381 e. The first-order chi connectivity index (χ1) is 11.6. The van der Waals surface area contributed by atoms with Gasteiger partial charge in [0.25, 0.3) is 10.0 Å². The summed E-state index contributed by atoms with van der Waals surface area (Å²) in [6, 6.07) is 14.8. The average molecular weight is 344 g/mol. The average Bonchev–Trinajstić information content (AvgIpc) is 2.62. The summed E-state index contributed by atoms with van der Waals surface area (Å²) in [5.74, 6) is 0. The van der Waals surface area contributed by atoms with Gasteiger partial charge in [-0.05, 0) is 30.5 Å². The summed E-state index contributed by atoms with van der Waals surface area (Å²) in [5, 5.41) is 0.118. The predicted molar refractivity (Wildman–Crippen MR) is 89.8 cm³/mol. The Hall–Kier alpha value is -1.76. The third kappa shape index (κ3) is 2.46. The van der Waals surface area contributed by atoms with Crippen LogP contribution in [0, 0.1) is 5.41 Å². The van der Waals surface area contributed by atoms with E-state index < -0.39 is 10.0 Å². The van der Waals surface area contributed by atoms with E-state index in [1.54, 1.807) is 22.5 Å². The molecule has 126 valence electrons. The second-order valence-electron chi connectivity index (χ2n) is 6.51. The summed E-state index contributed by atoms with van der Waals surface area (Å²) < 4.78 is 33.2. The second kappa shape index (κ2) is 5.95. The Morgan fingerprint density at radius 3 is 2.42 bits per heavy atom. The molecule has 1 atom stereocenters. The molecule has 2 aliphatic rings. The lowest BCUT2D eigenvalue weighted by molar-refractivity contribution is -0.0953. The number of rotatable bonds is 3. The molecule has 1 aromatic heterocycles. The van der Waals surface area contributed by atoms with Gasteiger partial charge in [0, 0.05) is 31.4 Å². The van der Waals surface area contributed by atoms with Crippen molar-refractivity contribution in [3.8, 4) is 0 Å². The molecule has 5 nitrogen and oxygen atoms in total. The van der Waals surface area contributed by atoms with Gasteiger partial charge in [-0.3, -0.25) is 0 Å². The number of ether oxygens (including phenoxy) is 1. The van der Waals surface area contributed by atoms with Crippen molar-refractivity contribution in [1.82, 2.24) is 9.29 Å². The molecule has 2 fully saturated rings. The van der Waals surface area contributed by atoms with Gasteiger partial charge in [-0.25, -0.2) is 13.4 Å². The lowest BCUT2D eigenvalue weighted by Crippen LogP contribution is -2.62. The van der Waals surface area contributed by atoms with Crippen LogP contribution in [0.15, 0.2) is 59.8 Å². The summed E-state index contributed by atoms with van der Waals surface area (Å²) >= 11 is 0. The molecule has 0 aliphatic carbocycles. The normalized spacial score (nSPS) is 23.8. The molecule has 1 spiro atoms. The molecule has 2 saturated heterocycles. The second-order valence-corrected chi connectivity index (χ2v) is 8.34. The Morgan fingerprint density at radius 2 is 1.75 bits per heavy atom. The standard InChI is InChI=1S/C18H20N2O3S/c21-24(22,16-8-4-5-11-19-16)20-14-18(9-12-23-13-10-18)17(20)15-6-2-1-3-7-15/h1-8,11,17H,9-10,12-14H2/t17-/m1/s1. The highest BCUT2D eigenvalue weighted by Gasteiger charge is 2.58. The van der Waals surface area contributed by atoms with Crippen LogP contribution in [0.2, 0.25) is 0 Å². The number of aromatic nitrogens is 1. The SMILES string of the molecule is O=S(=O)(c1ccccn1)N1CC2(CCOCC2)[C@H]1c1ccccc1. The van der Waals surface area contributed by atoms with E-state index in [0.717, 1.165) is 18.4 Å².